The summed E-state index contributed by atoms with van der Waals surface area (Å²) in [6.45, 7) is 3.97. The molecular weight excluding hydrogens is 336 g/mol. The molecule has 7 nitrogen and oxygen atoms in total. The van der Waals surface area contributed by atoms with Gasteiger partial charge in [-0.3, -0.25) is 9.78 Å². The van der Waals surface area contributed by atoms with Crippen molar-refractivity contribution in [2.45, 2.75) is 20.3 Å². The molecule has 0 atom stereocenters. The van der Waals surface area contributed by atoms with E-state index in [1.165, 1.54) is 0 Å². The standard InChI is InChI=1S/C17H20N6OS/c1-11-15(12(2)22(3)21-11)10-18-23-16(19-20-17(23)25)9-13-5-7-14(24-4)8-6-13/h5-8,10H,9H2,1-4H3,(H,20,25). The Morgan fingerprint density at radius 2 is 2.00 bits per heavy atom. The van der Waals surface area contributed by atoms with Gasteiger partial charge in [-0.2, -0.15) is 20.0 Å². The van der Waals surface area contributed by atoms with Crippen molar-refractivity contribution in [2.24, 2.45) is 12.1 Å². The highest BCUT2D eigenvalue weighted by Gasteiger charge is 2.09. The van der Waals surface area contributed by atoms with Crippen molar-refractivity contribution in [3.8, 4) is 5.75 Å². The van der Waals surface area contributed by atoms with E-state index in [1.807, 2.05) is 49.8 Å². The van der Waals surface area contributed by atoms with Crippen LogP contribution in [0.5, 0.6) is 5.75 Å². The zero-order chi connectivity index (χ0) is 18.0. The third kappa shape index (κ3) is 3.53. The van der Waals surface area contributed by atoms with Gasteiger partial charge in [-0.1, -0.05) is 12.1 Å². The van der Waals surface area contributed by atoms with Gasteiger partial charge in [-0.05, 0) is 43.8 Å². The molecule has 1 N–H and O–H groups in total. The normalized spacial score (nSPS) is 11.4. The lowest BCUT2D eigenvalue weighted by Crippen LogP contribution is -2.01. The quantitative estimate of drug-likeness (QED) is 0.563. The Morgan fingerprint density at radius 3 is 2.60 bits per heavy atom. The summed E-state index contributed by atoms with van der Waals surface area (Å²) < 4.78 is 9.12. The van der Waals surface area contributed by atoms with E-state index in [1.54, 1.807) is 18.0 Å². The fraction of sp³-hybridized carbons (Fsp3) is 0.294. The predicted octanol–water partition coefficient (Wildman–Crippen LogP) is 2.77. The fourth-order valence-corrected chi connectivity index (χ4v) is 2.77. The second kappa shape index (κ2) is 7.02. The van der Waals surface area contributed by atoms with Gasteiger partial charge in [-0.25, -0.2) is 0 Å². The molecule has 0 unspecified atom stereocenters. The lowest BCUT2D eigenvalue weighted by molar-refractivity contribution is 0.414. The van der Waals surface area contributed by atoms with Crippen LogP contribution in [0.1, 0.15) is 28.3 Å². The largest absolute Gasteiger partial charge is 0.497 e. The number of aromatic amines is 1. The predicted molar refractivity (Wildman–Crippen MR) is 98.9 cm³/mol. The van der Waals surface area contributed by atoms with Crippen LogP contribution in [-0.4, -0.2) is 38.0 Å². The zero-order valence-electron chi connectivity index (χ0n) is 14.6. The molecule has 1 aromatic carbocycles. The van der Waals surface area contributed by atoms with E-state index in [-0.39, 0.29) is 0 Å². The Labute approximate surface area is 151 Å². The Morgan fingerprint density at radius 1 is 1.28 bits per heavy atom. The molecule has 0 bridgehead atoms. The minimum atomic E-state index is 0.457. The molecule has 0 spiro atoms. The minimum Gasteiger partial charge on any atom is -0.497 e. The summed E-state index contributed by atoms with van der Waals surface area (Å²) in [6.07, 6.45) is 2.39. The van der Waals surface area contributed by atoms with Crippen LogP contribution in [0.25, 0.3) is 0 Å². The first-order valence-electron chi connectivity index (χ1n) is 7.83. The van der Waals surface area contributed by atoms with Gasteiger partial charge >= 0.3 is 0 Å². The van der Waals surface area contributed by atoms with Crippen molar-refractivity contribution in [1.82, 2.24) is 24.7 Å². The molecule has 0 amide bonds. The van der Waals surface area contributed by atoms with Gasteiger partial charge in [0.05, 0.1) is 19.0 Å². The number of aryl methyl sites for hydroxylation is 2. The van der Waals surface area contributed by atoms with Crippen molar-refractivity contribution in [3.05, 3.63) is 57.4 Å². The van der Waals surface area contributed by atoms with Gasteiger partial charge < -0.3 is 4.74 Å². The smallest absolute Gasteiger partial charge is 0.216 e. The van der Waals surface area contributed by atoms with Crippen molar-refractivity contribution in [3.63, 3.8) is 0 Å². The van der Waals surface area contributed by atoms with E-state index in [0.717, 1.165) is 34.1 Å². The first-order chi connectivity index (χ1) is 12.0. The number of methoxy groups -OCH3 is 1. The van der Waals surface area contributed by atoms with Crippen LogP contribution in [0.4, 0.5) is 0 Å². The number of rotatable bonds is 5. The monoisotopic (exact) mass is 356 g/mol. The number of benzene rings is 1. The van der Waals surface area contributed by atoms with E-state index in [4.69, 9.17) is 17.0 Å². The Hall–Kier alpha value is -2.74. The third-order valence-electron chi connectivity index (χ3n) is 4.11. The Bertz CT molecular complexity index is 964. The summed E-state index contributed by atoms with van der Waals surface area (Å²) >= 11 is 5.31. The second-order valence-electron chi connectivity index (χ2n) is 5.73. The minimum absolute atomic E-state index is 0.457. The van der Waals surface area contributed by atoms with E-state index >= 15 is 0 Å². The van der Waals surface area contributed by atoms with Gasteiger partial charge in [0.25, 0.3) is 0 Å². The van der Waals surface area contributed by atoms with Crippen molar-refractivity contribution < 1.29 is 4.74 Å². The third-order valence-corrected chi connectivity index (χ3v) is 4.37. The fourth-order valence-electron chi connectivity index (χ4n) is 2.58. The molecule has 0 aliphatic rings. The number of nitrogens with zero attached hydrogens (tertiary/aromatic N) is 5. The van der Waals surface area contributed by atoms with Crippen LogP contribution in [-0.2, 0) is 13.5 Å². The summed E-state index contributed by atoms with van der Waals surface area (Å²) in [5.41, 5.74) is 4.06. The molecule has 2 heterocycles. The highest BCUT2D eigenvalue weighted by Crippen LogP contribution is 2.15. The summed E-state index contributed by atoms with van der Waals surface area (Å²) in [6, 6.07) is 7.85. The number of hydrogen-bond donors (Lipinski definition) is 1. The van der Waals surface area contributed by atoms with E-state index < -0.39 is 0 Å². The van der Waals surface area contributed by atoms with Gasteiger partial charge in [0, 0.05) is 24.7 Å². The first-order valence-corrected chi connectivity index (χ1v) is 8.24. The van der Waals surface area contributed by atoms with Crippen molar-refractivity contribution >= 4 is 18.4 Å². The van der Waals surface area contributed by atoms with Gasteiger partial charge in [0.2, 0.25) is 4.77 Å². The lowest BCUT2D eigenvalue weighted by atomic mass is 10.1. The Kier molecular flexibility index (Phi) is 4.80. The zero-order valence-corrected chi connectivity index (χ0v) is 15.5. The van der Waals surface area contributed by atoms with Crippen LogP contribution in [0.3, 0.4) is 0 Å². The summed E-state index contributed by atoms with van der Waals surface area (Å²) in [4.78, 5) is 0. The number of H-pyrrole nitrogens is 1. The number of nitrogens with one attached hydrogen (secondary N) is 1. The molecule has 25 heavy (non-hydrogen) atoms. The molecule has 0 aliphatic heterocycles. The summed E-state index contributed by atoms with van der Waals surface area (Å²) in [7, 11) is 3.57. The average molecular weight is 356 g/mol. The Balaban J connectivity index is 1.88. The van der Waals surface area contributed by atoms with Gasteiger partial charge in [0.1, 0.15) is 5.75 Å². The number of aromatic nitrogens is 5. The maximum atomic E-state index is 5.31. The maximum Gasteiger partial charge on any atom is 0.216 e. The van der Waals surface area contributed by atoms with Gasteiger partial charge in [0.15, 0.2) is 5.82 Å². The molecule has 3 aromatic rings. The highest BCUT2D eigenvalue weighted by molar-refractivity contribution is 7.71. The topological polar surface area (TPSA) is 73.0 Å². The lowest BCUT2D eigenvalue weighted by Gasteiger charge is -2.03. The molecular formula is C17H20N6OS. The van der Waals surface area contributed by atoms with Crippen molar-refractivity contribution in [2.75, 3.05) is 7.11 Å². The molecule has 2 aromatic heterocycles. The van der Waals surface area contributed by atoms with E-state index in [2.05, 4.69) is 20.4 Å². The summed E-state index contributed by atoms with van der Waals surface area (Å²) in [5, 5.41) is 16.0. The number of hydrogen-bond acceptors (Lipinski definition) is 5. The van der Waals surface area contributed by atoms with Crippen molar-refractivity contribution in [1.29, 1.82) is 0 Å². The molecule has 0 saturated heterocycles. The number of ether oxygens (including phenoxy) is 1. The molecule has 0 radical (unpaired) electrons. The van der Waals surface area contributed by atoms with Crippen LogP contribution < -0.4 is 4.74 Å². The second-order valence-corrected chi connectivity index (χ2v) is 6.12. The van der Waals surface area contributed by atoms with Crippen LogP contribution >= 0.6 is 12.2 Å². The van der Waals surface area contributed by atoms with E-state index in [0.29, 0.717) is 11.2 Å². The first kappa shape index (κ1) is 17.1. The SMILES string of the molecule is COc1ccc(Cc2n[nH]c(=S)n2N=Cc2c(C)nn(C)c2C)cc1. The molecule has 8 heteroatoms. The molecule has 0 fully saturated rings. The van der Waals surface area contributed by atoms with Gasteiger partial charge in [-0.15, -0.1) is 0 Å². The molecule has 130 valence electrons. The molecule has 3 rings (SSSR count). The molecule has 0 saturated carbocycles. The van der Waals surface area contributed by atoms with E-state index in [9.17, 15) is 0 Å². The maximum absolute atomic E-state index is 5.31. The van der Waals surface area contributed by atoms with Crippen LogP contribution in [0, 0.1) is 18.6 Å². The summed E-state index contributed by atoms with van der Waals surface area (Å²) in [5.74, 6) is 1.56. The van der Waals surface area contributed by atoms with Crippen LogP contribution in [0.15, 0.2) is 29.4 Å². The average Bonchev–Trinajstić information content (AvgIpc) is 3.06. The molecule has 0 aliphatic carbocycles. The van der Waals surface area contributed by atoms with Crippen LogP contribution in [0.2, 0.25) is 0 Å². The highest BCUT2D eigenvalue weighted by atomic mass is 32.1.